The summed E-state index contributed by atoms with van der Waals surface area (Å²) in [6.45, 7) is 1.42. The summed E-state index contributed by atoms with van der Waals surface area (Å²) in [6, 6.07) is 18.6. The average Bonchev–Trinajstić information content (AvgIpc) is 3.34. The summed E-state index contributed by atoms with van der Waals surface area (Å²) >= 11 is 0. The topological polar surface area (TPSA) is 92.1 Å². The van der Waals surface area contributed by atoms with Gasteiger partial charge < -0.3 is 28.7 Å². The third-order valence-corrected chi connectivity index (χ3v) is 5.40. The van der Waals surface area contributed by atoms with Crippen molar-refractivity contribution in [2.24, 2.45) is 0 Å². The van der Waals surface area contributed by atoms with E-state index in [9.17, 15) is 4.79 Å². The third kappa shape index (κ3) is 4.91. The van der Waals surface area contributed by atoms with E-state index in [1.807, 2.05) is 48.5 Å². The van der Waals surface area contributed by atoms with Gasteiger partial charge in [-0.15, -0.1) is 0 Å². The third-order valence-electron chi connectivity index (χ3n) is 5.40. The number of oxazole rings is 1. The number of ether oxygens (including phenoxy) is 4. The minimum atomic E-state index is -0.242. The van der Waals surface area contributed by atoms with Gasteiger partial charge in [-0.3, -0.25) is 4.79 Å². The second-order valence-electron chi connectivity index (χ2n) is 7.59. The van der Waals surface area contributed by atoms with Gasteiger partial charge in [0.15, 0.2) is 5.76 Å². The minimum absolute atomic E-state index is 0.242. The van der Waals surface area contributed by atoms with Crippen molar-refractivity contribution in [1.29, 1.82) is 0 Å². The number of methoxy groups -OCH3 is 4. The molecule has 0 aliphatic rings. The molecule has 8 nitrogen and oxygen atoms in total. The van der Waals surface area contributed by atoms with Gasteiger partial charge in [0.2, 0.25) is 11.8 Å². The number of carbonyl (C=O) groups is 1. The summed E-state index contributed by atoms with van der Waals surface area (Å²) in [7, 11) is 6.28. The fourth-order valence-electron chi connectivity index (χ4n) is 3.66. The van der Waals surface area contributed by atoms with Gasteiger partial charge in [-0.05, 0) is 60.7 Å². The van der Waals surface area contributed by atoms with Crippen LogP contribution >= 0.6 is 0 Å². The monoisotopic (exact) mass is 474 g/mol. The lowest BCUT2D eigenvalue weighted by molar-refractivity contribution is -0.114. The number of anilines is 1. The Kier molecular flexibility index (Phi) is 6.91. The van der Waals surface area contributed by atoms with Crippen LogP contribution in [0, 0.1) is 0 Å². The molecule has 35 heavy (non-hydrogen) atoms. The molecule has 1 N–H and O–H groups in total. The summed E-state index contributed by atoms with van der Waals surface area (Å²) in [5.41, 5.74) is 3.42. The minimum Gasteiger partial charge on any atom is -0.497 e. The van der Waals surface area contributed by atoms with Crippen LogP contribution in [0.25, 0.3) is 34.0 Å². The van der Waals surface area contributed by atoms with E-state index in [0.29, 0.717) is 40.1 Å². The highest BCUT2D eigenvalue weighted by atomic mass is 16.5. The number of benzene rings is 3. The molecule has 0 aliphatic heterocycles. The predicted octanol–water partition coefficient (Wildman–Crippen LogP) is 5.67. The highest BCUT2D eigenvalue weighted by Gasteiger charge is 2.21. The first-order valence-electron chi connectivity index (χ1n) is 10.8. The van der Waals surface area contributed by atoms with Gasteiger partial charge in [-0.25, -0.2) is 4.98 Å². The Labute approximate surface area is 203 Å². The van der Waals surface area contributed by atoms with Gasteiger partial charge in [-0.1, -0.05) is 0 Å². The predicted molar refractivity (Wildman–Crippen MR) is 133 cm³/mol. The molecule has 0 atom stereocenters. The normalized spacial score (nSPS) is 10.5. The molecular weight excluding hydrogens is 448 g/mol. The van der Waals surface area contributed by atoms with Gasteiger partial charge in [0.25, 0.3) is 0 Å². The lowest BCUT2D eigenvalue weighted by Crippen LogP contribution is -2.08. The van der Waals surface area contributed by atoms with Crippen LogP contribution in [0.5, 0.6) is 23.0 Å². The van der Waals surface area contributed by atoms with Crippen molar-refractivity contribution in [1.82, 2.24) is 4.98 Å². The maximum Gasteiger partial charge on any atom is 0.227 e. The maximum atomic E-state index is 11.7. The van der Waals surface area contributed by atoms with Crippen molar-refractivity contribution in [3.8, 4) is 57.0 Å². The molecule has 0 radical (unpaired) electrons. The quantitative estimate of drug-likeness (QED) is 0.352. The summed E-state index contributed by atoms with van der Waals surface area (Å²) in [5.74, 6) is 3.04. The largest absolute Gasteiger partial charge is 0.497 e. The molecule has 0 unspecified atom stereocenters. The Morgan fingerprint density at radius 2 is 1.26 bits per heavy atom. The average molecular weight is 475 g/mol. The second kappa shape index (κ2) is 10.2. The first kappa shape index (κ1) is 23.7. The SMILES string of the molecule is COc1ccc(-c2nc(-c3cc(OC)c(NC(C)=O)c(OC)c3)oc2-c2ccc(OC)cc2)cc1. The van der Waals surface area contributed by atoms with E-state index in [2.05, 4.69) is 5.32 Å². The molecule has 4 rings (SSSR count). The summed E-state index contributed by atoms with van der Waals surface area (Å²) in [6.07, 6.45) is 0. The van der Waals surface area contributed by atoms with E-state index in [1.165, 1.54) is 21.1 Å². The maximum absolute atomic E-state index is 11.7. The van der Waals surface area contributed by atoms with Gasteiger partial charge >= 0.3 is 0 Å². The summed E-state index contributed by atoms with van der Waals surface area (Å²) in [5, 5.41) is 2.75. The van der Waals surface area contributed by atoms with Crippen molar-refractivity contribution in [3.05, 3.63) is 60.7 Å². The lowest BCUT2D eigenvalue weighted by atomic mass is 10.1. The van der Waals surface area contributed by atoms with Crippen molar-refractivity contribution >= 4 is 11.6 Å². The van der Waals surface area contributed by atoms with Crippen LogP contribution in [-0.2, 0) is 4.79 Å². The van der Waals surface area contributed by atoms with Crippen molar-refractivity contribution in [3.63, 3.8) is 0 Å². The molecule has 0 saturated carbocycles. The molecule has 0 spiro atoms. The zero-order valence-corrected chi connectivity index (χ0v) is 20.2. The molecule has 3 aromatic carbocycles. The number of amides is 1. The van der Waals surface area contributed by atoms with Crippen LogP contribution in [0.15, 0.2) is 65.1 Å². The van der Waals surface area contributed by atoms with Gasteiger partial charge in [0.05, 0.1) is 28.4 Å². The van der Waals surface area contributed by atoms with Crippen molar-refractivity contribution < 1.29 is 28.2 Å². The van der Waals surface area contributed by atoms with Gasteiger partial charge in [0, 0.05) is 23.6 Å². The molecule has 0 aliphatic carbocycles. The zero-order chi connectivity index (χ0) is 24.9. The van der Waals surface area contributed by atoms with E-state index >= 15 is 0 Å². The first-order chi connectivity index (χ1) is 17.0. The number of nitrogens with zero attached hydrogens (tertiary/aromatic N) is 1. The van der Waals surface area contributed by atoms with E-state index in [1.54, 1.807) is 26.4 Å². The Morgan fingerprint density at radius 1 is 0.743 bits per heavy atom. The fraction of sp³-hybridized carbons (Fsp3) is 0.185. The standard InChI is InChI=1S/C27H26N2O6/c1-16(30)28-25-22(33-4)14-19(15-23(25)34-5)27-29-24(17-6-10-20(31-2)11-7-17)26(35-27)18-8-12-21(32-3)13-9-18/h6-15H,1-5H3,(H,28,30). The molecule has 4 aromatic rings. The van der Waals surface area contributed by atoms with Crippen LogP contribution < -0.4 is 24.3 Å². The lowest BCUT2D eigenvalue weighted by Gasteiger charge is -2.14. The van der Waals surface area contributed by atoms with Crippen LogP contribution in [0.1, 0.15) is 6.92 Å². The van der Waals surface area contributed by atoms with Crippen LogP contribution in [0.3, 0.4) is 0 Å². The number of hydrogen-bond donors (Lipinski definition) is 1. The molecule has 0 fully saturated rings. The Morgan fingerprint density at radius 3 is 1.71 bits per heavy atom. The second-order valence-corrected chi connectivity index (χ2v) is 7.59. The Bertz CT molecular complexity index is 1240. The van der Waals surface area contributed by atoms with Crippen LogP contribution in [-0.4, -0.2) is 39.3 Å². The molecule has 8 heteroatoms. The molecule has 1 heterocycles. The van der Waals surface area contributed by atoms with Crippen molar-refractivity contribution in [2.45, 2.75) is 6.92 Å². The highest BCUT2D eigenvalue weighted by Crippen LogP contribution is 2.42. The number of hydrogen-bond acceptors (Lipinski definition) is 7. The van der Waals surface area contributed by atoms with E-state index < -0.39 is 0 Å². The Balaban J connectivity index is 1.88. The summed E-state index contributed by atoms with van der Waals surface area (Å²) < 4.78 is 27.9. The Hall–Kier alpha value is -4.46. The van der Waals surface area contributed by atoms with E-state index in [-0.39, 0.29) is 5.91 Å². The number of aromatic nitrogens is 1. The van der Waals surface area contributed by atoms with Crippen molar-refractivity contribution in [2.75, 3.05) is 33.8 Å². The molecule has 0 bridgehead atoms. The van der Waals surface area contributed by atoms with Crippen LogP contribution in [0.4, 0.5) is 5.69 Å². The number of carbonyl (C=O) groups excluding carboxylic acids is 1. The highest BCUT2D eigenvalue weighted by molar-refractivity contribution is 5.93. The van der Waals surface area contributed by atoms with Crippen LogP contribution in [0.2, 0.25) is 0 Å². The zero-order valence-electron chi connectivity index (χ0n) is 20.2. The summed E-state index contributed by atoms with van der Waals surface area (Å²) in [4.78, 5) is 16.5. The fourth-order valence-corrected chi connectivity index (χ4v) is 3.66. The number of nitrogens with one attached hydrogen (secondary N) is 1. The van der Waals surface area contributed by atoms with E-state index in [4.69, 9.17) is 28.3 Å². The molecule has 180 valence electrons. The molecule has 1 amide bonds. The molecule has 1 aromatic heterocycles. The van der Waals surface area contributed by atoms with Gasteiger partial charge in [-0.2, -0.15) is 0 Å². The first-order valence-corrected chi connectivity index (χ1v) is 10.8. The number of rotatable bonds is 8. The van der Waals surface area contributed by atoms with E-state index in [0.717, 1.165) is 22.6 Å². The smallest absolute Gasteiger partial charge is 0.227 e. The molecular formula is C27H26N2O6. The van der Waals surface area contributed by atoms with Gasteiger partial charge in [0.1, 0.15) is 34.4 Å². The molecule has 0 saturated heterocycles.